The van der Waals surface area contributed by atoms with Gasteiger partial charge in [0.1, 0.15) is 29.7 Å². The van der Waals surface area contributed by atoms with Gasteiger partial charge in [-0.05, 0) is 66.6 Å². The largest absolute Gasteiger partial charge is 0.507 e. The molecule has 1 aliphatic rings. The smallest absolute Gasteiger partial charge is 0.296 e. The second-order valence-corrected chi connectivity index (χ2v) is 8.86. The predicted molar refractivity (Wildman–Crippen MR) is 135 cm³/mol. The summed E-state index contributed by atoms with van der Waals surface area (Å²) in [6.45, 7) is 2.41. The van der Waals surface area contributed by atoms with Gasteiger partial charge in [0.25, 0.3) is 11.7 Å². The van der Waals surface area contributed by atoms with Gasteiger partial charge in [0.2, 0.25) is 0 Å². The minimum Gasteiger partial charge on any atom is -0.507 e. The summed E-state index contributed by atoms with van der Waals surface area (Å²) in [6, 6.07) is 22.6. The molecule has 3 aromatic carbocycles. The second-order valence-electron chi connectivity index (χ2n) is 8.86. The quantitative estimate of drug-likeness (QED) is 0.195. The molecule has 1 unspecified atom stereocenters. The number of carbonyl (C=O) groups excluding carboxylic acids is 2. The predicted octanol–water partition coefficient (Wildman–Crippen LogP) is 5.93. The van der Waals surface area contributed by atoms with Gasteiger partial charge in [0.05, 0.1) is 24.4 Å². The molecule has 37 heavy (non-hydrogen) atoms. The lowest BCUT2D eigenvalue weighted by atomic mass is 9.95. The molecule has 2 heterocycles. The number of hydrogen-bond acceptors (Lipinski definition) is 5. The molecule has 1 fully saturated rings. The van der Waals surface area contributed by atoms with Crippen LogP contribution >= 0.6 is 0 Å². The summed E-state index contributed by atoms with van der Waals surface area (Å²) in [6.07, 6.45) is 1.47. The third-order valence-corrected chi connectivity index (χ3v) is 6.25. The van der Waals surface area contributed by atoms with Gasteiger partial charge in [0, 0.05) is 5.56 Å². The number of carbonyl (C=O) groups is 2. The molecule has 0 aliphatic carbocycles. The fraction of sp³-hybridized carbons (Fsp3) is 0.133. The highest BCUT2D eigenvalue weighted by atomic mass is 19.1. The number of benzene rings is 3. The van der Waals surface area contributed by atoms with Crippen LogP contribution in [-0.2, 0) is 22.7 Å². The molecule has 1 saturated heterocycles. The van der Waals surface area contributed by atoms with Crippen molar-refractivity contribution in [3.05, 3.63) is 131 Å². The number of likely N-dealkylation sites (tertiary alicyclic amines) is 1. The summed E-state index contributed by atoms with van der Waals surface area (Å²) in [5.41, 5.74) is 2.94. The first-order chi connectivity index (χ1) is 17.9. The van der Waals surface area contributed by atoms with Crippen LogP contribution in [0, 0.1) is 12.7 Å². The van der Waals surface area contributed by atoms with Gasteiger partial charge in [-0.3, -0.25) is 9.59 Å². The summed E-state index contributed by atoms with van der Waals surface area (Å²) >= 11 is 0. The highest BCUT2D eigenvalue weighted by molar-refractivity contribution is 6.46. The fourth-order valence-electron chi connectivity index (χ4n) is 4.44. The van der Waals surface area contributed by atoms with E-state index in [-0.39, 0.29) is 17.9 Å². The van der Waals surface area contributed by atoms with E-state index in [9.17, 15) is 19.1 Å². The molecule has 1 amide bonds. The van der Waals surface area contributed by atoms with E-state index in [0.717, 1.165) is 11.1 Å². The SMILES string of the molecule is Cc1cccc(COc2ccc(/C(O)=C3/C(=O)C(=O)N(Cc4ccco4)C3c3ccc(F)cc3)cc2)c1. The molecule has 1 aromatic heterocycles. The van der Waals surface area contributed by atoms with Gasteiger partial charge in [-0.1, -0.05) is 42.0 Å². The van der Waals surface area contributed by atoms with Crippen molar-refractivity contribution in [2.45, 2.75) is 26.1 Å². The van der Waals surface area contributed by atoms with E-state index >= 15 is 0 Å². The van der Waals surface area contributed by atoms with Crippen molar-refractivity contribution >= 4 is 17.4 Å². The van der Waals surface area contributed by atoms with Crippen molar-refractivity contribution in [1.82, 2.24) is 4.90 Å². The maximum Gasteiger partial charge on any atom is 0.296 e. The molecule has 7 heteroatoms. The molecular weight excluding hydrogens is 473 g/mol. The van der Waals surface area contributed by atoms with Crippen molar-refractivity contribution in [2.75, 3.05) is 0 Å². The number of ketones is 1. The van der Waals surface area contributed by atoms with Crippen LogP contribution in [-0.4, -0.2) is 21.7 Å². The molecule has 0 bridgehead atoms. The van der Waals surface area contributed by atoms with E-state index in [0.29, 0.717) is 29.2 Å². The molecule has 4 aromatic rings. The van der Waals surface area contributed by atoms with Crippen LogP contribution in [0.25, 0.3) is 5.76 Å². The number of aliphatic hydroxyl groups is 1. The van der Waals surface area contributed by atoms with Crippen molar-refractivity contribution in [3.63, 3.8) is 0 Å². The van der Waals surface area contributed by atoms with Crippen LogP contribution in [0.15, 0.2) is 101 Å². The van der Waals surface area contributed by atoms with E-state index in [4.69, 9.17) is 9.15 Å². The molecule has 1 atom stereocenters. The number of halogens is 1. The lowest BCUT2D eigenvalue weighted by molar-refractivity contribution is -0.140. The van der Waals surface area contributed by atoms with Crippen LogP contribution in [0.2, 0.25) is 0 Å². The Morgan fingerprint density at radius 2 is 1.76 bits per heavy atom. The number of rotatable bonds is 7. The van der Waals surface area contributed by atoms with Gasteiger partial charge in [0.15, 0.2) is 0 Å². The number of amides is 1. The van der Waals surface area contributed by atoms with Crippen LogP contribution in [0.5, 0.6) is 5.75 Å². The van der Waals surface area contributed by atoms with E-state index < -0.39 is 23.5 Å². The van der Waals surface area contributed by atoms with E-state index in [1.165, 1.54) is 35.4 Å². The van der Waals surface area contributed by atoms with Crippen LogP contribution in [0.1, 0.15) is 34.1 Å². The lowest BCUT2D eigenvalue weighted by Gasteiger charge is -2.24. The highest BCUT2D eigenvalue weighted by Crippen LogP contribution is 2.40. The third kappa shape index (κ3) is 5.02. The number of aliphatic hydroxyl groups excluding tert-OH is 1. The molecule has 6 nitrogen and oxygen atoms in total. The Morgan fingerprint density at radius 1 is 1.00 bits per heavy atom. The van der Waals surface area contributed by atoms with Crippen molar-refractivity contribution in [3.8, 4) is 5.75 Å². The Morgan fingerprint density at radius 3 is 2.43 bits per heavy atom. The van der Waals surface area contributed by atoms with Gasteiger partial charge >= 0.3 is 0 Å². The third-order valence-electron chi connectivity index (χ3n) is 6.25. The average Bonchev–Trinajstić information content (AvgIpc) is 3.50. The molecular formula is C30H24FNO5. The lowest BCUT2D eigenvalue weighted by Crippen LogP contribution is -2.29. The van der Waals surface area contributed by atoms with Gasteiger partial charge in [-0.15, -0.1) is 0 Å². The summed E-state index contributed by atoms with van der Waals surface area (Å²) in [5, 5.41) is 11.2. The Hall–Kier alpha value is -4.65. The number of aryl methyl sites for hydroxylation is 1. The van der Waals surface area contributed by atoms with Gasteiger partial charge < -0.3 is 19.2 Å². The average molecular weight is 498 g/mol. The highest BCUT2D eigenvalue weighted by Gasteiger charge is 2.46. The van der Waals surface area contributed by atoms with Crippen LogP contribution in [0.3, 0.4) is 0 Å². The number of furan rings is 1. The Bertz CT molecular complexity index is 1460. The molecule has 0 spiro atoms. The normalized spacial score (nSPS) is 16.8. The summed E-state index contributed by atoms with van der Waals surface area (Å²) < 4.78 is 24.9. The Labute approximate surface area is 213 Å². The van der Waals surface area contributed by atoms with Crippen molar-refractivity contribution < 1.29 is 28.2 Å². The Balaban J connectivity index is 1.46. The zero-order valence-corrected chi connectivity index (χ0v) is 20.1. The molecule has 5 rings (SSSR count). The first kappa shape index (κ1) is 24.1. The fourth-order valence-corrected chi connectivity index (χ4v) is 4.44. The van der Waals surface area contributed by atoms with Gasteiger partial charge in [-0.2, -0.15) is 0 Å². The van der Waals surface area contributed by atoms with E-state index in [1.807, 2.05) is 31.2 Å². The first-order valence-electron chi connectivity index (χ1n) is 11.8. The molecule has 1 aliphatic heterocycles. The summed E-state index contributed by atoms with van der Waals surface area (Å²) in [5.74, 6) is -1.30. The number of Topliss-reactive ketones (excluding diaryl/α,β-unsaturated/α-hetero) is 1. The van der Waals surface area contributed by atoms with Gasteiger partial charge in [-0.25, -0.2) is 4.39 Å². The molecule has 1 N–H and O–H groups in total. The zero-order valence-electron chi connectivity index (χ0n) is 20.1. The molecule has 0 saturated carbocycles. The summed E-state index contributed by atoms with van der Waals surface area (Å²) in [4.78, 5) is 27.5. The summed E-state index contributed by atoms with van der Waals surface area (Å²) in [7, 11) is 0. The minimum absolute atomic E-state index is 0.0160. The van der Waals surface area contributed by atoms with Crippen molar-refractivity contribution in [1.29, 1.82) is 0 Å². The van der Waals surface area contributed by atoms with Crippen LogP contribution in [0.4, 0.5) is 4.39 Å². The topological polar surface area (TPSA) is 80.0 Å². The molecule has 186 valence electrons. The Kier molecular flexibility index (Phi) is 6.60. The monoisotopic (exact) mass is 497 g/mol. The second kappa shape index (κ2) is 10.1. The number of ether oxygens (including phenoxy) is 1. The molecule has 0 radical (unpaired) electrons. The standard InChI is InChI=1S/C30H24FNO5/c1-19-4-2-5-20(16-19)18-37-24-13-9-22(10-14-24)28(33)26-27(21-7-11-23(31)12-8-21)32(30(35)29(26)34)17-25-6-3-15-36-25/h2-16,27,33H,17-18H2,1H3/b28-26-. The first-order valence-corrected chi connectivity index (χ1v) is 11.8. The van der Waals surface area contributed by atoms with E-state index in [1.54, 1.807) is 36.4 Å². The number of hydrogen-bond donors (Lipinski definition) is 1. The van der Waals surface area contributed by atoms with E-state index in [2.05, 4.69) is 0 Å². The maximum atomic E-state index is 13.6. The zero-order chi connectivity index (χ0) is 25.9. The number of nitrogens with zero attached hydrogens (tertiary/aromatic N) is 1. The minimum atomic E-state index is -0.914. The maximum absolute atomic E-state index is 13.6. The van der Waals surface area contributed by atoms with Crippen LogP contribution < -0.4 is 4.74 Å². The van der Waals surface area contributed by atoms with Crippen molar-refractivity contribution in [2.24, 2.45) is 0 Å².